The zero-order valence-electron chi connectivity index (χ0n) is 13.1. The van der Waals surface area contributed by atoms with Gasteiger partial charge in [0.15, 0.2) is 0 Å². The van der Waals surface area contributed by atoms with E-state index in [0.29, 0.717) is 31.8 Å². The van der Waals surface area contributed by atoms with Gasteiger partial charge in [0.1, 0.15) is 6.26 Å². The first-order valence-corrected chi connectivity index (χ1v) is 7.68. The maximum atomic E-state index is 12.8. The summed E-state index contributed by atoms with van der Waals surface area (Å²) in [5, 5.41) is 0. The molecule has 0 N–H and O–H groups in total. The number of nitrogens with zero attached hydrogens (tertiary/aromatic N) is 2. The topological polar surface area (TPSA) is 63.0 Å². The van der Waals surface area contributed by atoms with Crippen LogP contribution in [0.4, 0.5) is 0 Å². The molecular formula is C16H22N2O4. The molecule has 2 aliphatic heterocycles. The van der Waals surface area contributed by atoms with Crippen LogP contribution < -0.4 is 0 Å². The van der Waals surface area contributed by atoms with Crippen LogP contribution in [-0.2, 0) is 9.53 Å². The molecule has 22 heavy (non-hydrogen) atoms. The van der Waals surface area contributed by atoms with Crippen molar-refractivity contribution in [2.75, 3.05) is 39.9 Å². The fourth-order valence-corrected chi connectivity index (χ4v) is 3.67. The summed E-state index contributed by atoms with van der Waals surface area (Å²) in [5.74, 6) is 0.281. The summed E-state index contributed by atoms with van der Waals surface area (Å²) in [5.41, 5.74) is 0.124. The van der Waals surface area contributed by atoms with Gasteiger partial charge in [0.25, 0.3) is 5.91 Å². The fourth-order valence-electron chi connectivity index (χ4n) is 3.67. The molecule has 0 radical (unpaired) electrons. The second-order valence-corrected chi connectivity index (χ2v) is 6.29. The summed E-state index contributed by atoms with van der Waals surface area (Å²) < 4.78 is 10.1. The molecule has 6 nitrogen and oxygen atoms in total. The maximum absolute atomic E-state index is 12.8. The van der Waals surface area contributed by atoms with Gasteiger partial charge in [-0.25, -0.2) is 0 Å². The monoisotopic (exact) mass is 306 g/mol. The van der Waals surface area contributed by atoms with Crippen LogP contribution in [0.5, 0.6) is 0 Å². The lowest BCUT2D eigenvalue weighted by atomic mass is 9.78. The zero-order valence-corrected chi connectivity index (χ0v) is 13.1. The SMILES string of the molecule is COCCN1CC[C@]2(CN(C(=O)c3ccoc3)C[C@H]2C)C1=O. The minimum absolute atomic E-state index is 0.0550. The highest BCUT2D eigenvalue weighted by atomic mass is 16.5. The van der Waals surface area contributed by atoms with Crippen molar-refractivity contribution < 1.29 is 18.7 Å². The Morgan fingerprint density at radius 2 is 2.36 bits per heavy atom. The van der Waals surface area contributed by atoms with Crippen molar-refractivity contribution in [2.24, 2.45) is 11.3 Å². The Balaban J connectivity index is 1.73. The number of methoxy groups -OCH3 is 1. The van der Waals surface area contributed by atoms with E-state index in [9.17, 15) is 9.59 Å². The number of carbonyl (C=O) groups is 2. The Bertz CT molecular complexity index is 557. The predicted molar refractivity (Wildman–Crippen MR) is 79.3 cm³/mol. The summed E-state index contributed by atoms with van der Waals surface area (Å²) >= 11 is 0. The quantitative estimate of drug-likeness (QED) is 0.839. The van der Waals surface area contributed by atoms with Crippen LogP contribution in [0.15, 0.2) is 23.0 Å². The number of furan rings is 1. The molecule has 0 saturated carbocycles. The summed E-state index contributed by atoms with van der Waals surface area (Å²) in [7, 11) is 1.64. The fraction of sp³-hybridized carbons (Fsp3) is 0.625. The highest BCUT2D eigenvalue weighted by Gasteiger charge is 2.55. The first-order valence-electron chi connectivity index (χ1n) is 7.68. The van der Waals surface area contributed by atoms with Crippen molar-refractivity contribution in [3.8, 4) is 0 Å². The second-order valence-electron chi connectivity index (χ2n) is 6.29. The highest BCUT2D eigenvalue weighted by Crippen LogP contribution is 2.44. The molecule has 0 unspecified atom stereocenters. The third-order valence-corrected chi connectivity index (χ3v) is 5.07. The van der Waals surface area contributed by atoms with Crippen molar-refractivity contribution in [3.05, 3.63) is 24.2 Å². The van der Waals surface area contributed by atoms with Crippen molar-refractivity contribution in [2.45, 2.75) is 13.3 Å². The van der Waals surface area contributed by atoms with Gasteiger partial charge < -0.3 is 19.0 Å². The average Bonchev–Trinajstić information content (AvgIpc) is 3.21. The lowest BCUT2D eigenvalue weighted by Crippen LogP contribution is -2.41. The normalized spacial score (nSPS) is 28.1. The molecule has 0 aromatic carbocycles. The highest BCUT2D eigenvalue weighted by molar-refractivity contribution is 5.95. The molecule has 1 aromatic rings. The van der Waals surface area contributed by atoms with Gasteiger partial charge in [0, 0.05) is 33.3 Å². The Labute approximate surface area is 130 Å². The standard InChI is InChI=1S/C16H22N2O4/c1-12-9-18(14(19)13-3-7-22-10-13)11-16(12)4-5-17(15(16)20)6-8-21-2/h3,7,10,12H,4-6,8-9,11H2,1-2H3/t12-,16-/m1/s1. The van der Waals surface area contributed by atoms with Gasteiger partial charge in [-0.3, -0.25) is 9.59 Å². The van der Waals surface area contributed by atoms with Crippen LogP contribution in [0.3, 0.4) is 0 Å². The van der Waals surface area contributed by atoms with Crippen LogP contribution >= 0.6 is 0 Å². The van der Waals surface area contributed by atoms with Gasteiger partial charge in [0.2, 0.25) is 5.91 Å². The lowest BCUT2D eigenvalue weighted by molar-refractivity contribution is -0.137. The van der Waals surface area contributed by atoms with Crippen LogP contribution in [0.1, 0.15) is 23.7 Å². The van der Waals surface area contributed by atoms with Crippen LogP contribution in [0.2, 0.25) is 0 Å². The molecule has 120 valence electrons. The van der Waals surface area contributed by atoms with Crippen LogP contribution in [-0.4, -0.2) is 61.5 Å². The Kier molecular flexibility index (Phi) is 3.95. The molecule has 0 aliphatic carbocycles. The smallest absolute Gasteiger partial charge is 0.257 e. The molecule has 2 aliphatic rings. The van der Waals surface area contributed by atoms with E-state index in [1.165, 1.54) is 12.5 Å². The van der Waals surface area contributed by atoms with Gasteiger partial charge in [-0.2, -0.15) is 0 Å². The van der Waals surface area contributed by atoms with Gasteiger partial charge in [0.05, 0.1) is 23.8 Å². The Hall–Kier alpha value is -1.82. The molecule has 0 bridgehead atoms. The van der Waals surface area contributed by atoms with E-state index in [0.717, 1.165) is 13.0 Å². The van der Waals surface area contributed by atoms with Gasteiger partial charge in [-0.15, -0.1) is 0 Å². The van der Waals surface area contributed by atoms with Crippen molar-refractivity contribution >= 4 is 11.8 Å². The first-order chi connectivity index (χ1) is 10.6. The molecule has 2 atom stereocenters. The molecule has 1 spiro atoms. The van der Waals surface area contributed by atoms with Gasteiger partial charge in [-0.05, 0) is 18.4 Å². The average molecular weight is 306 g/mol. The van der Waals surface area contributed by atoms with Crippen LogP contribution in [0.25, 0.3) is 0 Å². The number of hydrogen-bond acceptors (Lipinski definition) is 4. The number of likely N-dealkylation sites (tertiary alicyclic amines) is 2. The molecule has 3 heterocycles. The van der Waals surface area contributed by atoms with Crippen molar-refractivity contribution in [3.63, 3.8) is 0 Å². The maximum Gasteiger partial charge on any atom is 0.257 e. The lowest BCUT2D eigenvalue weighted by Gasteiger charge is -2.26. The first kappa shape index (κ1) is 15.1. The molecule has 2 saturated heterocycles. The van der Waals surface area contributed by atoms with E-state index in [2.05, 4.69) is 6.92 Å². The summed E-state index contributed by atoms with van der Waals surface area (Å²) in [6.07, 6.45) is 3.76. The third kappa shape index (κ3) is 2.31. The number of amides is 2. The van der Waals surface area contributed by atoms with E-state index in [1.807, 2.05) is 4.90 Å². The molecular weight excluding hydrogens is 284 g/mol. The minimum atomic E-state index is -0.423. The molecule has 2 fully saturated rings. The second kappa shape index (κ2) is 5.76. The van der Waals surface area contributed by atoms with E-state index < -0.39 is 5.41 Å². The minimum Gasteiger partial charge on any atom is -0.472 e. The Morgan fingerprint density at radius 1 is 1.55 bits per heavy atom. The summed E-state index contributed by atoms with van der Waals surface area (Å²) in [6, 6.07) is 1.67. The van der Waals surface area contributed by atoms with E-state index in [1.54, 1.807) is 18.1 Å². The van der Waals surface area contributed by atoms with Crippen LogP contribution in [0, 0.1) is 11.3 Å². The van der Waals surface area contributed by atoms with E-state index in [-0.39, 0.29) is 17.7 Å². The third-order valence-electron chi connectivity index (χ3n) is 5.07. The number of rotatable bonds is 4. The zero-order chi connectivity index (χ0) is 15.7. The van der Waals surface area contributed by atoms with Gasteiger partial charge in [-0.1, -0.05) is 6.92 Å². The van der Waals surface area contributed by atoms with E-state index in [4.69, 9.17) is 9.15 Å². The van der Waals surface area contributed by atoms with E-state index >= 15 is 0 Å². The van der Waals surface area contributed by atoms with Crippen molar-refractivity contribution in [1.29, 1.82) is 0 Å². The number of carbonyl (C=O) groups excluding carboxylic acids is 2. The summed E-state index contributed by atoms with van der Waals surface area (Å²) in [4.78, 5) is 28.9. The number of ether oxygens (including phenoxy) is 1. The molecule has 2 amide bonds. The van der Waals surface area contributed by atoms with Gasteiger partial charge >= 0.3 is 0 Å². The predicted octanol–water partition coefficient (Wildman–Crippen LogP) is 1.24. The molecule has 1 aromatic heterocycles. The molecule has 3 rings (SSSR count). The van der Waals surface area contributed by atoms with Crippen molar-refractivity contribution in [1.82, 2.24) is 9.80 Å². The summed E-state index contributed by atoms with van der Waals surface area (Å²) in [6.45, 7) is 5.11. The Morgan fingerprint density at radius 3 is 3.05 bits per heavy atom. The number of hydrogen-bond donors (Lipinski definition) is 0. The largest absolute Gasteiger partial charge is 0.472 e. The molecule has 6 heteroatoms.